The summed E-state index contributed by atoms with van der Waals surface area (Å²) in [5.41, 5.74) is 0.878. The second kappa shape index (κ2) is 7.25. The van der Waals surface area contributed by atoms with Crippen LogP contribution in [0.3, 0.4) is 0 Å². The minimum atomic E-state index is -0.557. The van der Waals surface area contributed by atoms with E-state index in [0.717, 1.165) is 17.9 Å². The van der Waals surface area contributed by atoms with Crippen LogP contribution in [-0.4, -0.2) is 26.0 Å². The van der Waals surface area contributed by atoms with Crippen LogP contribution in [0, 0.1) is 5.92 Å². The molecule has 21 heavy (non-hydrogen) atoms. The SMILES string of the molecule is CC(C)Cn1ncnc1CC(O)Cc1ccc(Cl)cc1Cl. The van der Waals surface area contributed by atoms with Crippen LogP contribution in [0.1, 0.15) is 25.2 Å². The van der Waals surface area contributed by atoms with Crippen LogP contribution in [0.2, 0.25) is 10.0 Å². The maximum atomic E-state index is 10.3. The lowest BCUT2D eigenvalue weighted by Gasteiger charge is -2.13. The highest BCUT2D eigenvalue weighted by Gasteiger charge is 2.14. The maximum absolute atomic E-state index is 10.3. The lowest BCUT2D eigenvalue weighted by molar-refractivity contribution is 0.170. The van der Waals surface area contributed by atoms with E-state index in [1.807, 2.05) is 10.7 Å². The van der Waals surface area contributed by atoms with Gasteiger partial charge in [-0.2, -0.15) is 5.10 Å². The Balaban J connectivity index is 2.01. The number of nitrogens with zero attached hydrogens (tertiary/aromatic N) is 3. The van der Waals surface area contributed by atoms with Crippen molar-refractivity contribution in [1.82, 2.24) is 14.8 Å². The van der Waals surface area contributed by atoms with Crippen molar-refractivity contribution in [3.05, 3.63) is 46.0 Å². The molecule has 0 aliphatic carbocycles. The van der Waals surface area contributed by atoms with E-state index in [-0.39, 0.29) is 0 Å². The third-order valence-electron chi connectivity index (χ3n) is 3.12. The number of hydrogen-bond acceptors (Lipinski definition) is 3. The summed E-state index contributed by atoms with van der Waals surface area (Å²) in [6.07, 6.45) is 1.88. The first-order chi connectivity index (χ1) is 9.95. The Labute approximate surface area is 134 Å². The van der Waals surface area contributed by atoms with Gasteiger partial charge in [0.05, 0.1) is 6.10 Å². The van der Waals surface area contributed by atoms with Crippen LogP contribution in [0.5, 0.6) is 0 Å². The number of aliphatic hydroxyl groups excluding tert-OH is 1. The molecule has 1 aromatic heterocycles. The van der Waals surface area contributed by atoms with Gasteiger partial charge in [0.2, 0.25) is 0 Å². The summed E-state index contributed by atoms with van der Waals surface area (Å²) in [6, 6.07) is 5.30. The number of rotatable bonds is 6. The number of halogens is 2. The first kappa shape index (κ1) is 16.3. The molecule has 1 aromatic carbocycles. The summed E-state index contributed by atoms with van der Waals surface area (Å²) < 4.78 is 1.84. The normalized spacial score (nSPS) is 12.9. The second-order valence-electron chi connectivity index (χ2n) is 5.55. The van der Waals surface area contributed by atoms with E-state index in [9.17, 15) is 5.11 Å². The van der Waals surface area contributed by atoms with Gasteiger partial charge in [0, 0.05) is 29.4 Å². The Morgan fingerprint density at radius 1 is 1.24 bits per heavy atom. The molecule has 114 valence electrons. The molecule has 4 nitrogen and oxygen atoms in total. The van der Waals surface area contributed by atoms with E-state index in [1.165, 1.54) is 6.33 Å². The molecule has 2 rings (SSSR count). The molecule has 1 N–H and O–H groups in total. The van der Waals surface area contributed by atoms with Crippen molar-refractivity contribution in [2.24, 2.45) is 5.92 Å². The Morgan fingerprint density at radius 3 is 2.67 bits per heavy atom. The minimum absolute atomic E-state index is 0.450. The predicted molar refractivity (Wildman–Crippen MR) is 84.7 cm³/mol. The van der Waals surface area contributed by atoms with Gasteiger partial charge in [-0.1, -0.05) is 43.1 Å². The van der Waals surface area contributed by atoms with Gasteiger partial charge in [-0.3, -0.25) is 0 Å². The Morgan fingerprint density at radius 2 is 2.00 bits per heavy atom. The molecule has 0 radical (unpaired) electrons. The summed E-state index contributed by atoms with van der Waals surface area (Å²) in [5, 5.41) is 15.6. The minimum Gasteiger partial charge on any atom is -0.392 e. The first-order valence-corrected chi connectivity index (χ1v) is 7.70. The molecular weight excluding hydrogens is 309 g/mol. The zero-order chi connectivity index (χ0) is 15.4. The van der Waals surface area contributed by atoms with Crippen LogP contribution >= 0.6 is 23.2 Å². The van der Waals surface area contributed by atoms with Gasteiger partial charge in [0.1, 0.15) is 12.2 Å². The Bertz CT molecular complexity index is 598. The standard InChI is InChI=1S/C15H19Cl2N3O/c1-10(2)8-20-15(18-9-19-20)7-13(21)5-11-3-4-12(16)6-14(11)17/h3-4,6,9-10,13,21H,5,7-8H2,1-2H3. The van der Waals surface area contributed by atoms with Gasteiger partial charge in [-0.05, 0) is 23.6 Å². The molecule has 0 saturated heterocycles. The Hall–Kier alpha value is -1.10. The molecule has 1 heterocycles. The van der Waals surface area contributed by atoms with Gasteiger partial charge in [-0.15, -0.1) is 0 Å². The molecule has 0 aliphatic rings. The second-order valence-corrected chi connectivity index (χ2v) is 6.39. The highest BCUT2D eigenvalue weighted by Crippen LogP contribution is 2.22. The van der Waals surface area contributed by atoms with E-state index in [2.05, 4.69) is 23.9 Å². The zero-order valence-electron chi connectivity index (χ0n) is 12.1. The van der Waals surface area contributed by atoms with E-state index < -0.39 is 6.10 Å². The molecule has 1 unspecified atom stereocenters. The topological polar surface area (TPSA) is 50.9 Å². The fraction of sp³-hybridized carbons (Fsp3) is 0.467. The molecule has 2 aromatic rings. The van der Waals surface area contributed by atoms with Crippen LogP contribution in [0.15, 0.2) is 24.5 Å². The van der Waals surface area contributed by atoms with Gasteiger partial charge in [0.15, 0.2) is 0 Å². The summed E-state index contributed by atoms with van der Waals surface area (Å²) in [7, 11) is 0. The van der Waals surface area contributed by atoms with Crippen LogP contribution in [0.25, 0.3) is 0 Å². The molecular formula is C15H19Cl2N3O. The third-order valence-corrected chi connectivity index (χ3v) is 3.71. The largest absolute Gasteiger partial charge is 0.392 e. The van der Waals surface area contributed by atoms with Crippen molar-refractivity contribution in [2.75, 3.05) is 0 Å². The summed E-state index contributed by atoms with van der Waals surface area (Å²) in [6.45, 7) is 5.04. The van der Waals surface area contributed by atoms with Crippen LogP contribution in [0.4, 0.5) is 0 Å². The van der Waals surface area contributed by atoms with E-state index >= 15 is 0 Å². The smallest absolute Gasteiger partial charge is 0.138 e. The summed E-state index contributed by atoms with van der Waals surface area (Å²) in [4.78, 5) is 4.23. The average Bonchev–Trinajstić information content (AvgIpc) is 2.79. The molecule has 0 aliphatic heterocycles. The summed E-state index contributed by atoms with van der Waals surface area (Å²) in [5.74, 6) is 1.27. The maximum Gasteiger partial charge on any atom is 0.138 e. The van der Waals surface area contributed by atoms with Crippen molar-refractivity contribution >= 4 is 23.2 Å². The van der Waals surface area contributed by atoms with Gasteiger partial charge >= 0.3 is 0 Å². The number of aliphatic hydroxyl groups is 1. The lowest BCUT2D eigenvalue weighted by atomic mass is 10.1. The number of aromatic nitrogens is 3. The molecule has 1 atom stereocenters. The first-order valence-electron chi connectivity index (χ1n) is 6.94. The van der Waals surface area contributed by atoms with Gasteiger partial charge < -0.3 is 5.11 Å². The molecule has 0 spiro atoms. The van der Waals surface area contributed by atoms with Crippen molar-refractivity contribution < 1.29 is 5.11 Å². The third kappa shape index (κ3) is 4.70. The average molecular weight is 328 g/mol. The van der Waals surface area contributed by atoms with Gasteiger partial charge in [-0.25, -0.2) is 9.67 Å². The molecule has 6 heteroatoms. The highest BCUT2D eigenvalue weighted by atomic mass is 35.5. The Kier molecular flexibility index (Phi) is 5.62. The summed E-state index contributed by atoms with van der Waals surface area (Å²) >= 11 is 12.0. The van der Waals surface area contributed by atoms with Crippen molar-refractivity contribution in [3.8, 4) is 0 Å². The van der Waals surface area contributed by atoms with Crippen molar-refractivity contribution in [2.45, 2.75) is 39.3 Å². The number of benzene rings is 1. The quantitative estimate of drug-likeness (QED) is 0.884. The fourth-order valence-corrected chi connectivity index (χ4v) is 2.65. The predicted octanol–water partition coefficient (Wildman–Crippen LogP) is 3.39. The van der Waals surface area contributed by atoms with Crippen molar-refractivity contribution in [3.63, 3.8) is 0 Å². The van der Waals surface area contributed by atoms with E-state index in [0.29, 0.717) is 28.8 Å². The molecule has 0 bridgehead atoms. The molecule has 0 saturated carbocycles. The highest BCUT2D eigenvalue weighted by molar-refractivity contribution is 6.35. The molecule has 0 fully saturated rings. The van der Waals surface area contributed by atoms with Crippen LogP contribution < -0.4 is 0 Å². The zero-order valence-corrected chi connectivity index (χ0v) is 13.6. The monoisotopic (exact) mass is 327 g/mol. The van der Waals surface area contributed by atoms with E-state index in [1.54, 1.807) is 12.1 Å². The van der Waals surface area contributed by atoms with Crippen LogP contribution in [-0.2, 0) is 19.4 Å². The number of hydrogen-bond donors (Lipinski definition) is 1. The fourth-order valence-electron chi connectivity index (χ4n) is 2.17. The molecule has 0 amide bonds. The van der Waals surface area contributed by atoms with Gasteiger partial charge in [0.25, 0.3) is 0 Å². The van der Waals surface area contributed by atoms with E-state index in [4.69, 9.17) is 23.2 Å². The lowest BCUT2D eigenvalue weighted by Crippen LogP contribution is -2.19. The van der Waals surface area contributed by atoms with Crippen molar-refractivity contribution in [1.29, 1.82) is 0 Å².